The molecule has 0 saturated carbocycles. The SMILES string of the molecule is CCCc1nc(N2CC[C@H]3[C@H](C2)OCc2cnnn23)no1. The van der Waals surface area contributed by atoms with Crippen LogP contribution < -0.4 is 4.90 Å². The Morgan fingerprint density at radius 3 is 3.29 bits per heavy atom. The van der Waals surface area contributed by atoms with Gasteiger partial charge in [-0.15, -0.1) is 5.10 Å². The fourth-order valence-corrected chi connectivity index (χ4v) is 3.06. The minimum absolute atomic E-state index is 0.0982. The Morgan fingerprint density at radius 1 is 1.43 bits per heavy atom. The molecule has 112 valence electrons. The third-order valence-electron chi connectivity index (χ3n) is 4.14. The molecule has 2 aliphatic heterocycles. The van der Waals surface area contributed by atoms with Crippen molar-refractivity contribution in [2.24, 2.45) is 0 Å². The van der Waals surface area contributed by atoms with Gasteiger partial charge in [0, 0.05) is 19.5 Å². The summed E-state index contributed by atoms with van der Waals surface area (Å²) in [5.74, 6) is 1.38. The number of anilines is 1. The van der Waals surface area contributed by atoms with Gasteiger partial charge < -0.3 is 14.2 Å². The van der Waals surface area contributed by atoms with E-state index in [2.05, 4.69) is 32.3 Å². The largest absolute Gasteiger partial charge is 0.368 e. The van der Waals surface area contributed by atoms with Crippen LogP contribution in [0.2, 0.25) is 0 Å². The highest BCUT2D eigenvalue weighted by molar-refractivity contribution is 5.29. The highest BCUT2D eigenvalue weighted by atomic mass is 16.5. The average molecular weight is 290 g/mol. The fraction of sp³-hybridized carbons (Fsp3) is 0.692. The molecule has 0 amide bonds. The highest BCUT2D eigenvalue weighted by Gasteiger charge is 2.37. The van der Waals surface area contributed by atoms with Crippen molar-refractivity contribution < 1.29 is 9.26 Å². The molecule has 1 saturated heterocycles. The van der Waals surface area contributed by atoms with E-state index < -0.39 is 0 Å². The zero-order valence-electron chi connectivity index (χ0n) is 12.0. The summed E-state index contributed by atoms with van der Waals surface area (Å²) in [4.78, 5) is 6.58. The molecular formula is C13H18N6O2. The van der Waals surface area contributed by atoms with Crippen molar-refractivity contribution in [3.05, 3.63) is 17.8 Å². The van der Waals surface area contributed by atoms with Crippen LogP contribution in [0.5, 0.6) is 0 Å². The Hall–Kier alpha value is -1.96. The summed E-state index contributed by atoms with van der Waals surface area (Å²) in [5.41, 5.74) is 1.05. The number of nitrogens with zero attached hydrogens (tertiary/aromatic N) is 6. The molecule has 21 heavy (non-hydrogen) atoms. The van der Waals surface area contributed by atoms with Gasteiger partial charge in [-0.1, -0.05) is 12.1 Å². The molecule has 0 aliphatic carbocycles. The summed E-state index contributed by atoms with van der Waals surface area (Å²) in [6.45, 7) is 4.29. The number of aromatic nitrogens is 5. The van der Waals surface area contributed by atoms with Crippen LogP contribution in [0.25, 0.3) is 0 Å². The van der Waals surface area contributed by atoms with Gasteiger partial charge in [0.2, 0.25) is 5.89 Å². The first-order valence-corrected chi connectivity index (χ1v) is 7.43. The van der Waals surface area contributed by atoms with E-state index in [1.54, 1.807) is 6.20 Å². The number of aryl methyl sites for hydroxylation is 1. The summed E-state index contributed by atoms with van der Waals surface area (Å²) in [6, 6.07) is 0.259. The molecule has 2 atom stereocenters. The quantitative estimate of drug-likeness (QED) is 0.832. The molecule has 4 heterocycles. The Kier molecular flexibility index (Phi) is 3.10. The molecule has 0 bridgehead atoms. The van der Waals surface area contributed by atoms with Crippen molar-refractivity contribution in [1.29, 1.82) is 0 Å². The molecule has 0 spiro atoms. The van der Waals surface area contributed by atoms with E-state index in [-0.39, 0.29) is 12.1 Å². The van der Waals surface area contributed by atoms with Crippen LogP contribution >= 0.6 is 0 Å². The molecule has 0 radical (unpaired) electrons. The van der Waals surface area contributed by atoms with Gasteiger partial charge in [0.15, 0.2) is 0 Å². The van der Waals surface area contributed by atoms with Crippen molar-refractivity contribution in [2.75, 3.05) is 18.0 Å². The Morgan fingerprint density at radius 2 is 2.38 bits per heavy atom. The van der Waals surface area contributed by atoms with Crippen molar-refractivity contribution >= 4 is 5.95 Å². The number of hydrogen-bond acceptors (Lipinski definition) is 7. The summed E-state index contributed by atoms with van der Waals surface area (Å²) in [5, 5.41) is 12.2. The lowest BCUT2D eigenvalue weighted by atomic mass is 10.0. The molecule has 2 aromatic heterocycles. The van der Waals surface area contributed by atoms with Gasteiger partial charge in [-0.05, 0) is 18.0 Å². The summed E-state index contributed by atoms with van der Waals surface area (Å²) >= 11 is 0. The second kappa shape index (κ2) is 5.10. The first kappa shape index (κ1) is 12.8. The number of ether oxygens (including phenoxy) is 1. The maximum atomic E-state index is 5.94. The average Bonchev–Trinajstić information content (AvgIpc) is 3.15. The van der Waals surface area contributed by atoms with Gasteiger partial charge >= 0.3 is 0 Å². The molecule has 4 rings (SSSR count). The van der Waals surface area contributed by atoms with Crippen LogP contribution in [0.1, 0.15) is 37.4 Å². The van der Waals surface area contributed by atoms with Crippen LogP contribution in [0.15, 0.2) is 10.7 Å². The lowest BCUT2D eigenvalue weighted by molar-refractivity contribution is -0.0337. The van der Waals surface area contributed by atoms with Gasteiger partial charge in [0.1, 0.15) is 0 Å². The second-order valence-corrected chi connectivity index (χ2v) is 5.56. The minimum atomic E-state index is 0.0982. The smallest absolute Gasteiger partial charge is 0.266 e. The number of piperidine rings is 1. The van der Waals surface area contributed by atoms with E-state index in [1.165, 1.54) is 0 Å². The Bertz CT molecular complexity index is 624. The molecule has 0 N–H and O–H groups in total. The normalized spacial score (nSPS) is 24.7. The van der Waals surface area contributed by atoms with Gasteiger partial charge in [0.25, 0.3) is 5.95 Å². The van der Waals surface area contributed by atoms with Crippen LogP contribution in [0.4, 0.5) is 5.95 Å². The predicted octanol–water partition coefficient (Wildman–Crippen LogP) is 0.964. The molecule has 2 aromatic rings. The third kappa shape index (κ3) is 2.19. The predicted molar refractivity (Wildman–Crippen MR) is 72.8 cm³/mol. The first-order valence-electron chi connectivity index (χ1n) is 7.43. The van der Waals surface area contributed by atoms with Crippen LogP contribution in [-0.2, 0) is 17.8 Å². The maximum absolute atomic E-state index is 5.94. The van der Waals surface area contributed by atoms with E-state index in [1.807, 2.05) is 4.68 Å². The van der Waals surface area contributed by atoms with Crippen molar-refractivity contribution in [1.82, 2.24) is 25.1 Å². The van der Waals surface area contributed by atoms with E-state index in [0.29, 0.717) is 18.4 Å². The molecule has 2 aliphatic rings. The summed E-state index contributed by atoms with van der Waals surface area (Å²) in [6.07, 6.45) is 4.65. The molecule has 1 fully saturated rings. The van der Waals surface area contributed by atoms with Gasteiger partial charge in [0.05, 0.1) is 30.6 Å². The zero-order valence-corrected chi connectivity index (χ0v) is 12.0. The van der Waals surface area contributed by atoms with E-state index in [9.17, 15) is 0 Å². The molecule has 0 unspecified atom stereocenters. The van der Waals surface area contributed by atoms with Crippen LogP contribution in [0.3, 0.4) is 0 Å². The standard InChI is InChI=1S/C13H18N6O2/c1-2-3-12-15-13(16-21-12)18-5-4-10-11(7-18)20-8-9-6-14-17-19(9)10/h6,10-11H,2-5,7-8H2,1H3/t10-,11-/m0/s1. The highest BCUT2D eigenvalue weighted by Crippen LogP contribution is 2.31. The lowest BCUT2D eigenvalue weighted by Gasteiger charge is -2.40. The molecular weight excluding hydrogens is 272 g/mol. The topological polar surface area (TPSA) is 82.1 Å². The fourth-order valence-electron chi connectivity index (χ4n) is 3.06. The van der Waals surface area contributed by atoms with E-state index in [0.717, 1.165) is 38.0 Å². The van der Waals surface area contributed by atoms with Crippen molar-refractivity contribution in [2.45, 2.75) is 44.9 Å². The van der Waals surface area contributed by atoms with Crippen molar-refractivity contribution in [3.63, 3.8) is 0 Å². The Balaban J connectivity index is 1.50. The lowest BCUT2D eigenvalue weighted by Crippen LogP contribution is -2.49. The number of rotatable bonds is 3. The monoisotopic (exact) mass is 290 g/mol. The van der Waals surface area contributed by atoms with Gasteiger partial charge in [-0.3, -0.25) is 0 Å². The van der Waals surface area contributed by atoms with Crippen LogP contribution in [-0.4, -0.2) is 44.3 Å². The maximum Gasteiger partial charge on any atom is 0.266 e. The van der Waals surface area contributed by atoms with Crippen LogP contribution in [0, 0.1) is 0 Å². The van der Waals surface area contributed by atoms with Crippen molar-refractivity contribution in [3.8, 4) is 0 Å². The molecule has 8 nitrogen and oxygen atoms in total. The van der Waals surface area contributed by atoms with E-state index >= 15 is 0 Å². The third-order valence-corrected chi connectivity index (χ3v) is 4.14. The summed E-state index contributed by atoms with van der Waals surface area (Å²) < 4.78 is 13.2. The van der Waals surface area contributed by atoms with Gasteiger partial charge in [-0.2, -0.15) is 4.98 Å². The summed E-state index contributed by atoms with van der Waals surface area (Å²) in [7, 11) is 0. The Labute approximate surface area is 122 Å². The molecule has 8 heteroatoms. The second-order valence-electron chi connectivity index (χ2n) is 5.56. The first-order chi connectivity index (χ1) is 10.3. The zero-order chi connectivity index (χ0) is 14.2. The minimum Gasteiger partial charge on any atom is -0.368 e. The van der Waals surface area contributed by atoms with E-state index in [4.69, 9.17) is 9.26 Å². The number of fused-ring (bicyclic) bond motifs is 3. The molecule has 0 aromatic carbocycles. The van der Waals surface area contributed by atoms with Gasteiger partial charge in [-0.25, -0.2) is 4.68 Å². The number of hydrogen-bond donors (Lipinski definition) is 0.